The smallest absolute Gasteiger partial charge is 0.347 e. The van der Waals surface area contributed by atoms with E-state index in [0.29, 0.717) is 12.4 Å². The zero-order valence-corrected chi connectivity index (χ0v) is 12.2. The topological polar surface area (TPSA) is 55.8 Å². The van der Waals surface area contributed by atoms with Crippen LogP contribution < -0.4 is 0 Å². The monoisotopic (exact) mass is 279 g/mol. The first-order valence-electron chi connectivity index (χ1n) is 6.00. The summed E-state index contributed by atoms with van der Waals surface area (Å²) in [5.41, 5.74) is 0. The molecule has 0 saturated carbocycles. The van der Waals surface area contributed by atoms with Crippen LogP contribution in [0.5, 0.6) is 0 Å². The number of carbonyl (C=O) groups is 2. The van der Waals surface area contributed by atoms with Gasteiger partial charge in [0.2, 0.25) is 0 Å². The van der Waals surface area contributed by atoms with Crippen LogP contribution in [-0.4, -0.2) is 55.6 Å². The van der Waals surface area contributed by atoms with E-state index in [-0.39, 0.29) is 12.5 Å². The third-order valence-corrected chi connectivity index (χ3v) is 2.45. The van der Waals surface area contributed by atoms with E-state index in [2.05, 4.69) is 0 Å². The van der Waals surface area contributed by atoms with Gasteiger partial charge < -0.3 is 14.4 Å². The molecule has 0 aromatic heterocycles. The molecule has 0 radical (unpaired) electrons. The molecular formula is C12H22ClNO4. The molecule has 0 aromatic rings. The van der Waals surface area contributed by atoms with Gasteiger partial charge in [-0.2, -0.15) is 0 Å². The number of esters is 2. The molecule has 5 nitrogen and oxygen atoms in total. The summed E-state index contributed by atoms with van der Waals surface area (Å²) in [4.78, 5) is 24.7. The Kier molecular flexibility index (Phi) is 8.75. The van der Waals surface area contributed by atoms with E-state index in [0.717, 1.165) is 6.54 Å². The Bertz CT molecular complexity index is 271. The predicted molar refractivity (Wildman–Crippen MR) is 69.6 cm³/mol. The zero-order valence-electron chi connectivity index (χ0n) is 11.4. The number of hydrogen-bond acceptors (Lipinski definition) is 5. The molecule has 18 heavy (non-hydrogen) atoms. The standard InChI is InChI=1S/C12H22ClNO4/c1-9(2)11(15)18-10(3)12(16)17-8-7-14(4)6-5-13/h9-10H,5-8H2,1-4H3. The van der Waals surface area contributed by atoms with E-state index in [1.165, 1.54) is 6.92 Å². The second kappa shape index (κ2) is 9.16. The highest BCUT2D eigenvalue weighted by Crippen LogP contribution is 2.02. The van der Waals surface area contributed by atoms with Crippen LogP contribution >= 0.6 is 11.6 Å². The Labute approximate surface area is 113 Å². The summed E-state index contributed by atoms with van der Waals surface area (Å²) in [6.45, 7) is 6.52. The number of alkyl halides is 1. The number of hydrogen-bond donors (Lipinski definition) is 0. The van der Waals surface area contributed by atoms with Crippen molar-refractivity contribution in [3.8, 4) is 0 Å². The number of rotatable bonds is 8. The van der Waals surface area contributed by atoms with Crippen LogP contribution in [0.4, 0.5) is 0 Å². The molecule has 0 aromatic carbocycles. The lowest BCUT2D eigenvalue weighted by atomic mass is 10.2. The van der Waals surface area contributed by atoms with Crippen LogP contribution in [-0.2, 0) is 19.1 Å². The lowest BCUT2D eigenvalue weighted by Gasteiger charge is -2.17. The van der Waals surface area contributed by atoms with E-state index in [4.69, 9.17) is 21.1 Å². The van der Waals surface area contributed by atoms with Crippen LogP contribution in [0, 0.1) is 5.92 Å². The quantitative estimate of drug-likeness (QED) is 0.495. The minimum Gasteiger partial charge on any atom is -0.462 e. The average Bonchev–Trinajstić information content (AvgIpc) is 2.28. The summed E-state index contributed by atoms with van der Waals surface area (Å²) >= 11 is 5.57. The summed E-state index contributed by atoms with van der Waals surface area (Å²) in [5, 5.41) is 0. The van der Waals surface area contributed by atoms with Crippen molar-refractivity contribution in [3.05, 3.63) is 0 Å². The fraction of sp³-hybridized carbons (Fsp3) is 0.833. The number of nitrogens with zero attached hydrogens (tertiary/aromatic N) is 1. The Balaban J connectivity index is 3.84. The van der Waals surface area contributed by atoms with Gasteiger partial charge in [-0.1, -0.05) is 13.8 Å². The van der Waals surface area contributed by atoms with E-state index in [1.807, 2.05) is 11.9 Å². The number of carbonyl (C=O) groups excluding carboxylic acids is 2. The Morgan fingerprint density at radius 1 is 1.17 bits per heavy atom. The third kappa shape index (κ3) is 7.50. The third-order valence-electron chi connectivity index (χ3n) is 2.28. The van der Waals surface area contributed by atoms with Crippen molar-refractivity contribution in [3.63, 3.8) is 0 Å². The van der Waals surface area contributed by atoms with Crippen molar-refractivity contribution in [1.82, 2.24) is 4.90 Å². The second-order valence-corrected chi connectivity index (χ2v) is 4.77. The second-order valence-electron chi connectivity index (χ2n) is 4.39. The first-order chi connectivity index (χ1) is 8.38. The van der Waals surface area contributed by atoms with Gasteiger partial charge in [-0.3, -0.25) is 4.79 Å². The molecule has 0 aliphatic carbocycles. The maximum absolute atomic E-state index is 11.5. The van der Waals surface area contributed by atoms with Crippen molar-refractivity contribution in [2.24, 2.45) is 5.92 Å². The fourth-order valence-electron chi connectivity index (χ4n) is 1.03. The molecule has 0 rings (SSSR count). The molecule has 0 spiro atoms. The Morgan fingerprint density at radius 2 is 1.78 bits per heavy atom. The van der Waals surface area contributed by atoms with Crippen molar-refractivity contribution >= 4 is 23.5 Å². The normalized spacial score (nSPS) is 12.6. The van der Waals surface area contributed by atoms with Gasteiger partial charge in [0.25, 0.3) is 0 Å². The molecule has 0 saturated heterocycles. The van der Waals surface area contributed by atoms with E-state index in [1.54, 1.807) is 13.8 Å². The molecule has 1 atom stereocenters. The first kappa shape index (κ1) is 17.2. The molecule has 0 aliphatic rings. The van der Waals surface area contributed by atoms with Crippen LogP contribution in [0.3, 0.4) is 0 Å². The van der Waals surface area contributed by atoms with Crippen LogP contribution in [0.2, 0.25) is 0 Å². The van der Waals surface area contributed by atoms with Crippen molar-refractivity contribution in [1.29, 1.82) is 0 Å². The fourth-order valence-corrected chi connectivity index (χ4v) is 1.32. The molecular weight excluding hydrogens is 258 g/mol. The van der Waals surface area contributed by atoms with Crippen molar-refractivity contribution < 1.29 is 19.1 Å². The Hall–Kier alpha value is -0.810. The SMILES string of the molecule is CC(C)C(=O)OC(C)C(=O)OCCN(C)CCCl. The first-order valence-corrected chi connectivity index (χ1v) is 6.53. The molecule has 0 bridgehead atoms. The lowest BCUT2D eigenvalue weighted by Crippen LogP contribution is -2.31. The zero-order chi connectivity index (χ0) is 14.1. The van der Waals surface area contributed by atoms with Gasteiger partial charge in [-0.15, -0.1) is 11.6 Å². The molecule has 0 amide bonds. The summed E-state index contributed by atoms with van der Waals surface area (Å²) < 4.78 is 9.93. The van der Waals surface area contributed by atoms with Crippen LogP contribution in [0.15, 0.2) is 0 Å². The summed E-state index contributed by atoms with van der Waals surface area (Å²) in [5.74, 6) is -0.649. The minimum absolute atomic E-state index is 0.255. The average molecular weight is 280 g/mol. The molecule has 0 fully saturated rings. The molecule has 0 N–H and O–H groups in total. The molecule has 0 heterocycles. The van der Waals surface area contributed by atoms with Gasteiger partial charge >= 0.3 is 11.9 Å². The maximum Gasteiger partial charge on any atom is 0.347 e. The predicted octanol–water partition coefficient (Wildman–Crippen LogP) is 1.29. The molecule has 6 heteroatoms. The van der Waals surface area contributed by atoms with Gasteiger partial charge in [0.15, 0.2) is 6.10 Å². The minimum atomic E-state index is -0.863. The van der Waals surface area contributed by atoms with Gasteiger partial charge in [0.05, 0.1) is 5.92 Å². The highest BCUT2D eigenvalue weighted by Gasteiger charge is 2.20. The van der Waals surface area contributed by atoms with Gasteiger partial charge in [0.1, 0.15) is 6.61 Å². The van der Waals surface area contributed by atoms with E-state index < -0.39 is 18.0 Å². The molecule has 106 valence electrons. The van der Waals surface area contributed by atoms with Crippen molar-refractivity contribution in [2.45, 2.75) is 26.9 Å². The van der Waals surface area contributed by atoms with Crippen LogP contribution in [0.25, 0.3) is 0 Å². The Morgan fingerprint density at radius 3 is 2.28 bits per heavy atom. The van der Waals surface area contributed by atoms with Gasteiger partial charge in [0, 0.05) is 19.0 Å². The lowest BCUT2D eigenvalue weighted by molar-refractivity contribution is -0.168. The van der Waals surface area contributed by atoms with Crippen LogP contribution in [0.1, 0.15) is 20.8 Å². The van der Waals surface area contributed by atoms with E-state index in [9.17, 15) is 9.59 Å². The maximum atomic E-state index is 11.5. The van der Waals surface area contributed by atoms with E-state index >= 15 is 0 Å². The highest BCUT2D eigenvalue weighted by molar-refractivity contribution is 6.18. The molecule has 1 unspecified atom stereocenters. The number of halogens is 1. The summed E-state index contributed by atoms with van der Waals surface area (Å²) in [6.07, 6.45) is -0.863. The largest absolute Gasteiger partial charge is 0.462 e. The number of ether oxygens (including phenoxy) is 2. The molecule has 0 aliphatic heterocycles. The van der Waals surface area contributed by atoms with Gasteiger partial charge in [-0.05, 0) is 14.0 Å². The number of likely N-dealkylation sites (N-methyl/N-ethyl adjacent to an activating group) is 1. The summed E-state index contributed by atoms with van der Waals surface area (Å²) in [6, 6.07) is 0. The van der Waals surface area contributed by atoms with Crippen molar-refractivity contribution in [2.75, 3.05) is 32.6 Å². The summed E-state index contributed by atoms with van der Waals surface area (Å²) in [7, 11) is 1.89. The highest BCUT2D eigenvalue weighted by atomic mass is 35.5. The van der Waals surface area contributed by atoms with Gasteiger partial charge in [-0.25, -0.2) is 4.79 Å².